The molecule has 0 N–H and O–H groups in total. The molecular formula is C41H46Cl2FeP2Pd. The molecule has 0 bridgehead atoms. The van der Waals surface area contributed by atoms with Crippen molar-refractivity contribution in [1.29, 1.82) is 0 Å². The summed E-state index contributed by atoms with van der Waals surface area (Å²) in [4.78, 5) is 0. The fraction of sp³-hybridized carbons (Fsp3) is 0.268. The summed E-state index contributed by atoms with van der Waals surface area (Å²) in [7, 11) is -0.304. The van der Waals surface area contributed by atoms with Crippen LogP contribution >= 0.6 is 15.8 Å². The molecule has 5 aromatic rings. The summed E-state index contributed by atoms with van der Waals surface area (Å²) in [6.07, 6.45) is 11.3. The van der Waals surface area contributed by atoms with E-state index >= 15 is 0 Å². The van der Waals surface area contributed by atoms with Crippen molar-refractivity contribution in [2.75, 3.05) is 0 Å². The number of aryl methyl sites for hydroxylation is 1. The van der Waals surface area contributed by atoms with Gasteiger partial charge < -0.3 is 24.8 Å². The molecule has 2 saturated carbocycles. The fourth-order valence-corrected chi connectivity index (χ4v) is 12.4. The quantitative estimate of drug-likeness (QED) is 0.179. The smallest absolute Gasteiger partial charge is 1.00 e. The zero-order valence-electron chi connectivity index (χ0n) is 27.1. The van der Waals surface area contributed by atoms with E-state index in [-0.39, 0.29) is 78.1 Å². The molecule has 0 aliphatic heterocycles. The molecule has 2 aliphatic rings. The van der Waals surface area contributed by atoms with Gasteiger partial charge in [-0.05, 0) is 81.0 Å². The third-order valence-corrected chi connectivity index (χ3v) is 14.4. The number of hydrogen-bond acceptors (Lipinski definition) is 0. The summed E-state index contributed by atoms with van der Waals surface area (Å²) in [5.74, 6) is 0. The molecule has 0 heterocycles. The van der Waals surface area contributed by atoms with Crippen molar-refractivity contribution in [2.45, 2.75) is 69.6 Å². The maximum absolute atomic E-state index is 2.32. The minimum absolute atomic E-state index is 0. The van der Waals surface area contributed by atoms with E-state index in [1.807, 2.05) is 18.2 Å². The minimum Gasteiger partial charge on any atom is -1.00 e. The molecule has 0 saturated heterocycles. The first-order valence-electron chi connectivity index (χ1n) is 16.1. The van der Waals surface area contributed by atoms with E-state index in [4.69, 9.17) is 0 Å². The van der Waals surface area contributed by atoms with Crippen molar-refractivity contribution in [3.8, 4) is 0 Å². The van der Waals surface area contributed by atoms with Crippen LogP contribution < -0.4 is 46.0 Å². The molecule has 0 spiro atoms. The van der Waals surface area contributed by atoms with E-state index in [9.17, 15) is 0 Å². The van der Waals surface area contributed by atoms with E-state index in [0.29, 0.717) is 0 Å². The number of rotatable bonds is 6. The summed E-state index contributed by atoms with van der Waals surface area (Å²) in [5.41, 5.74) is 3.11. The average Bonchev–Trinajstić information content (AvgIpc) is 3.81. The molecule has 0 radical (unpaired) electrons. The first-order valence-corrected chi connectivity index (χ1v) is 18.9. The Hall–Kier alpha value is -1.28. The van der Waals surface area contributed by atoms with Crippen molar-refractivity contribution in [2.24, 2.45) is 0 Å². The zero-order valence-corrected chi connectivity index (χ0v) is 33.0. The van der Waals surface area contributed by atoms with Crippen LogP contribution in [0.3, 0.4) is 0 Å². The van der Waals surface area contributed by atoms with Gasteiger partial charge >= 0.3 is 20.4 Å². The predicted molar refractivity (Wildman–Crippen MR) is 194 cm³/mol. The molecule has 6 heteroatoms. The summed E-state index contributed by atoms with van der Waals surface area (Å²) >= 11 is 0. The molecule has 0 unspecified atom stereocenters. The second-order valence-electron chi connectivity index (χ2n) is 11.6. The Morgan fingerprint density at radius 1 is 0.383 bits per heavy atom. The van der Waals surface area contributed by atoms with E-state index < -0.39 is 0 Å². The Kier molecular flexibility index (Phi) is 23.1. The topological polar surface area (TPSA) is 0 Å². The molecule has 0 amide bonds. The molecule has 252 valence electrons. The molecule has 2 aliphatic carbocycles. The second-order valence-corrected chi connectivity index (χ2v) is 16.6. The summed E-state index contributed by atoms with van der Waals surface area (Å²) in [6, 6.07) is 54.7. The van der Waals surface area contributed by atoms with Gasteiger partial charge in [-0.25, -0.2) is 0 Å². The number of halogens is 2. The first kappa shape index (κ1) is 43.7. The maximum Gasteiger partial charge on any atom is 2.00 e. The van der Waals surface area contributed by atoms with E-state index in [1.54, 1.807) is 21.2 Å². The van der Waals surface area contributed by atoms with Gasteiger partial charge in [0, 0.05) is 17.1 Å². The largest absolute Gasteiger partial charge is 2.00 e. The minimum atomic E-state index is -0.152. The van der Waals surface area contributed by atoms with Crippen LogP contribution in [-0.4, -0.2) is 11.3 Å². The van der Waals surface area contributed by atoms with Crippen LogP contribution in [0.25, 0.3) is 0 Å². The van der Waals surface area contributed by atoms with Crippen LogP contribution in [0.15, 0.2) is 152 Å². The third kappa shape index (κ3) is 13.9. The Morgan fingerprint density at radius 3 is 0.787 bits per heavy atom. The Labute approximate surface area is 323 Å². The van der Waals surface area contributed by atoms with Gasteiger partial charge in [0.25, 0.3) is 0 Å². The van der Waals surface area contributed by atoms with Crippen molar-refractivity contribution in [3.05, 3.63) is 157 Å². The number of benzene rings is 5. The molecule has 7 rings (SSSR count). The number of hydrogen-bond donors (Lipinski definition) is 0. The van der Waals surface area contributed by atoms with Gasteiger partial charge in [0.05, 0.1) is 0 Å². The van der Waals surface area contributed by atoms with Crippen LogP contribution in [0.1, 0.15) is 56.9 Å². The van der Waals surface area contributed by atoms with Crippen LogP contribution in [-0.2, 0) is 37.5 Å². The first-order chi connectivity index (χ1) is 21.3. The van der Waals surface area contributed by atoms with E-state index in [2.05, 4.69) is 140 Å². The average molecular weight is 834 g/mol. The Morgan fingerprint density at radius 2 is 0.596 bits per heavy atom. The van der Waals surface area contributed by atoms with Crippen LogP contribution in [0.5, 0.6) is 0 Å². The normalized spacial score (nSPS) is 13.8. The predicted octanol–water partition coefficient (Wildman–Crippen LogP) is 4.12. The monoisotopic (exact) mass is 832 g/mol. The van der Waals surface area contributed by atoms with Gasteiger partial charge in [-0.3, -0.25) is 0 Å². The van der Waals surface area contributed by atoms with Crippen LogP contribution in [0.4, 0.5) is 0 Å². The van der Waals surface area contributed by atoms with E-state index in [0.717, 1.165) is 11.3 Å². The summed E-state index contributed by atoms with van der Waals surface area (Å²) in [6.45, 7) is 2.08. The molecule has 47 heavy (non-hydrogen) atoms. The third-order valence-electron chi connectivity index (χ3n) is 8.46. The van der Waals surface area contributed by atoms with Gasteiger partial charge in [0.2, 0.25) is 0 Å². The van der Waals surface area contributed by atoms with Crippen molar-refractivity contribution in [1.82, 2.24) is 0 Å². The van der Waals surface area contributed by atoms with Crippen molar-refractivity contribution < 1.29 is 62.3 Å². The summed E-state index contributed by atoms with van der Waals surface area (Å²) < 4.78 is 0. The fourth-order valence-electron chi connectivity index (χ4n) is 6.36. The molecule has 2 fully saturated rings. The van der Waals surface area contributed by atoms with Crippen LogP contribution in [0, 0.1) is 6.92 Å². The Balaban J connectivity index is 0.000000365. The van der Waals surface area contributed by atoms with Gasteiger partial charge in [0.1, 0.15) is 0 Å². The molecule has 5 aromatic carbocycles. The summed E-state index contributed by atoms with van der Waals surface area (Å²) in [5, 5.41) is 6.19. The SMILES string of the molecule is Cc1ccccc1.[Cl-].[Cl-].[Fe].[Pd+2].c1ccc(P(c2ccccc2)C2CCCC2)cc1.c1ccc(P(c2ccccc2)C2CCCC2)cc1. The van der Waals surface area contributed by atoms with Gasteiger partial charge in [-0.2, -0.15) is 0 Å². The zero-order chi connectivity index (χ0) is 29.5. The van der Waals surface area contributed by atoms with Crippen molar-refractivity contribution in [3.63, 3.8) is 0 Å². The van der Waals surface area contributed by atoms with Gasteiger partial charge in [-0.1, -0.05) is 183 Å². The molecular weight excluding hydrogens is 788 g/mol. The molecule has 0 aromatic heterocycles. The molecule has 0 atom stereocenters. The molecule has 0 nitrogen and oxygen atoms in total. The standard InChI is InChI=1S/2C17H19P.C7H8.2ClH.Fe.Pd/c2*1-3-9-15(10-4-1)18(17-13-7-8-14-17)16-11-5-2-6-12-16;1-7-5-3-2-4-6-7;;;;/h2*1-6,9-12,17H,7-8,13-14H2;2-6H,1H3;2*1H;;/q;;;;;;+2/p-2. The van der Waals surface area contributed by atoms with Gasteiger partial charge in [0.15, 0.2) is 0 Å². The van der Waals surface area contributed by atoms with Gasteiger partial charge in [-0.15, -0.1) is 0 Å². The maximum atomic E-state index is 2.32. The second kappa shape index (κ2) is 24.8. The van der Waals surface area contributed by atoms with Crippen LogP contribution in [0.2, 0.25) is 0 Å². The van der Waals surface area contributed by atoms with E-state index in [1.165, 1.54) is 56.9 Å². The Bertz CT molecular complexity index is 1260. The van der Waals surface area contributed by atoms with Crippen molar-refractivity contribution >= 4 is 37.1 Å².